The molecular formula is C37H75N5O3. The first-order chi connectivity index (χ1) is 21.8. The van der Waals surface area contributed by atoms with E-state index in [1.54, 1.807) is 0 Å². The Hall–Kier alpha value is -0.320. The second-order valence-corrected chi connectivity index (χ2v) is 15.4. The molecule has 45 heavy (non-hydrogen) atoms. The molecule has 0 radical (unpaired) electrons. The van der Waals surface area contributed by atoms with Gasteiger partial charge in [0, 0.05) is 25.2 Å². The molecule has 0 bridgehead atoms. The lowest BCUT2D eigenvalue weighted by atomic mass is 9.48. The summed E-state index contributed by atoms with van der Waals surface area (Å²) < 4.78 is 20.1. The van der Waals surface area contributed by atoms with E-state index in [2.05, 4.69) is 33.0 Å². The molecule has 0 aromatic heterocycles. The van der Waals surface area contributed by atoms with Crippen LogP contribution < -0.4 is 28.3 Å². The molecule has 3 aliphatic rings. The number of rotatable bonds is 23. The highest BCUT2D eigenvalue weighted by Gasteiger charge is 2.63. The van der Waals surface area contributed by atoms with Gasteiger partial charge >= 0.3 is 0 Å². The summed E-state index contributed by atoms with van der Waals surface area (Å²) in [5, 5.41) is 3.60. The standard InChI is InChI=1S/C37H75N5O3/c1-5-33(44-25-9-20-40)35-31-13-12-30(28(2)11-6-22-42-23-7-18-38)37(31,4)34(45-26-10-21-41)27-32(35)36(3)16-14-29(15-17-36)43-24-8-19-39/h28-35,42H,5-27,38-41H2,1-4H3/t28-,29-,30-,31+,32+,33-,34+,35?,36+,37-/m1/s1. The van der Waals surface area contributed by atoms with E-state index >= 15 is 0 Å². The lowest BCUT2D eigenvalue weighted by molar-refractivity contribution is -0.191. The second-order valence-electron chi connectivity index (χ2n) is 15.4. The summed E-state index contributed by atoms with van der Waals surface area (Å²) >= 11 is 0. The van der Waals surface area contributed by atoms with Crippen molar-refractivity contribution in [2.24, 2.45) is 63.4 Å². The van der Waals surface area contributed by atoms with E-state index in [-0.39, 0.29) is 23.0 Å². The summed E-state index contributed by atoms with van der Waals surface area (Å²) in [5.41, 5.74) is 23.8. The van der Waals surface area contributed by atoms with Gasteiger partial charge in [0.2, 0.25) is 0 Å². The molecule has 0 aliphatic heterocycles. The quantitative estimate of drug-likeness (QED) is 0.0962. The Morgan fingerprint density at radius 3 is 2.02 bits per heavy atom. The normalized spacial score (nSPS) is 34.9. The molecular weight excluding hydrogens is 562 g/mol. The van der Waals surface area contributed by atoms with Crippen molar-refractivity contribution < 1.29 is 14.2 Å². The number of hydrogen-bond acceptors (Lipinski definition) is 8. The van der Waals surface area contributed by atoms with Gasteiger partial charge in [-0.15, -0.1) is 0 Å². The Morgan fingerprint density at radius 2 is 1.38 bits per heavy atom. The molecule has 0 heterocycles. The molecule has 8 heteroatoms. The van der Waals surface area contributed by atoms with Crippen LogP contribution in [0.15, 0.2) is 0 Å². The molecule has 0 aromatic carbocycles. The smallest absolute Gasteiger partial charge is 0.0637 e. The zero-order chi connectivity index (χ0) is 32.7. The van der Waals surface area contributed by atoms with E-state index < -0.39 is 0 Å². The van der Waals surface area contributed by atoms with E-state index in [0.29, 0.717) is 55.3 Å². The monoisotopic (exact) mass is 638 g/mol. The third kappa shape index (κ3) is 10.3. The Morgan fingerprint density at radius 1 is 0.756 bits per heavy atom. The van der Waals surface area contributed by atoms with Crippen LogP contribution in [0.2, 0.25) is 0 Å². The summed E-state index contributed by atoms with van der Waals surface area (Å²) in [6.07, 6.45) is 16.8. The first-order valence-electron chi connectivity index (χ1n) is 19.2. The van der Waals surface area contributed by atoms with Gasteiger partial charge in [0.1, 0.15) is 0 Å². The van der Waals surface area contributed by atoms with Crippen molar-refractivity contribution in [2.45, 2.75) is 136 Å². The van der Waals surface area contributed by atoms with Crippen LogP contribution in [-0.2, 0) is 14.2 Å². The van der Waals surface area contributed by atoms with Gasteiger partial charge < -0.3 is 42.5 Å². The number of hydrogen-bond donors (Lipinski definition) is 5. The molecule has 266 valence electrons. The van der Waals surface area contributed by atoms with E-state index in [4.69, 9.17) is 37.1 Å². The first-order valence-corrected chi connectivity index (χ1v) is 19.2. The van der Waals surface area contributed by atoms with Gasteiger partial charge in [-0.2, -0.15) is 0 Å². The Labute approximate surface area is 277 Å². The van der Waals surface area contributed by atoms with E-state index in [1.807, 2.05) is 0 Å². The highest BCUT2D eigenvalue weighted by Crippen LogP contribution is 2.66. The molecule has 3 rings (SSSR count). The maximum atomic E-state index is 7.01. The predicted octanol–water partition coefficient (Wildman–Crippen LogP) is 5.20. The summed E-state index contributed by atoms with van der Waals surface area (Å²) in [6, 6.07) is 0. The van der Waals surface area contributed by atoms with Gasteiger partial charge in [0.15, 0.2) is 0 Å². The fourth-order valence-corrected chi connectivity index (χ4v) is 10.0. The Kier molecular flexibility index (Phi) is 17.6. The maximum Gasteiger partial charge on any atom is 0.0637 e. The lowest BCUT2D eigenvalue weighted by Crippen LogP contribution is -2.59. The maximum absolute atomic E-state index is 7.01. The third-order valence-electron chi connectivity index (χ3n) is 12.6. The number of fused-ring (bicyclic) bond motifs is 1. The van der Waals surface area contributed by atoms with Crippen LogP contribution in [0.3, 0.4) is 0 Å². The van der Waals surface area contributed by atoms with Crippen molar-refractivity contribution in [2.75, 3.05) is 59.1 Å². The first kappa shape index (κ1) is 39.1. The van der Waals surface area contributed by atoms with Crippen LogP contribution in [0.1, 0.15) is 118 Å². The molecule has 3 saturated carbocycles. The zero-order valence-corrected chi connectivity index (χ0v) is 29.9. The highest BCUT2D eigenvalue weighted by atomic mass is 16.5. The molecule has 0 aromatic rings. The average Bonchev–Trinajstić information content (AvgIpc) is 3.40. The number of nitrogens with one attached hydrogen (secondary N) is 1. The third-order valence-corrected chi connectivity index (χ3v) is 12.6. The van der Waals surface area contributed by atoms with Crippen molar-refractivity contribution in [1.29, 1.82) is 0 Å². The van der Waals surface area contributed by atoms with Crippen molar-refractivity contribution in [3.63, 3.8) is 0 Å². The van der Waals surface area contributed by atoms with Crippen LogP contribution in [0.25, 0.3) is 0 Å². The Balaban J connectivity index is 1.88. The van der Waals surface area contributed by atoms with Crippen LogP contribution >= 0.6 is 0 Å². The highest BCUT2D eigenvalue weighted by molar-refractivity contribution is 5.12. The summed E-state index contributed by atoms with van der Waals surface area (Å²) in [6.45, 7) is 17.4. The molecule has 9 N–H and O–H groups in total. The van der Waals surface area contributed by atoms with Crippen LogP contribution in [0, 0.1) is 40.4 Å². The molecule has 8 nitrogen and oxygen atoms in total. The van der Waals surface area contributed by atoms with Gasteiger partial charge in [0.05, 0.1) is 18.3 Å². The van der Waals surface area contributed by atoms with E-state index in [0.717, 1.165) is 90.8 Å². The molecule has 0 saturated heterocycles. The van der Waals surface area contributed by atoms with E-state index in [9.17, 15) is 0 Å². The lowest BCUT2D eigenvalue weighted by Gasteiger charge is -2.60. The zero-order valence-electron chi connectivity index (χ0n) is 29.9. The van der Waals surface area contributed by atoms with Crippen LogP contribution in [0.4, 0.5) is 0 Å². The van der Waals surface area contributed by atoms with E-state index in [1.165, 1.54) is 38.5 Å². The second kappa shape index (κ2) is 20.3. The van der Waals surface area contributed by atoms with Crippen molar-refractivity contribution >= 4 is 0 Å². The largest absolute Gasteiger partial charge is 0.378 e. The molecule has 1 unspecified atom stereocenters. The molecule has 0 amide bonds. The minimum atomic E-state index is 0.145. The minimum Gasteiger partial charge on any atom is -0.378 e. The van der Waals surface area contributed by atoms with Crippen molar-refractivity contribution in [3.05, 3.63) is 0 Å². The fourth-order valence-electron chi connectivity index (χ4n) is 10.0. The van der Waals surface area contributed by atoms with Gasteiger partial charge in [-0.25, -0.2) is 0 Å². The topological polar surface area (TPSA) is 144 Å². The summed E-state index contributed by atoms with van der Waals surface area (Å²) in [7, 11) is 0. The molecule has 8 atom stereocenters. The predicted molar refractivity (Wildman–Crippen MR) is 188 cm³/mol. The number of nitrogens with two attached hydrogens (primary N) is 4. The Bertz CT molecular complexity index is 781. The molecule has 0 spiro atoms. The number of ether oxygens (including phenoxy) is 3. The molecule has 3 aliphatic carbocycles. The van der Waals surface area contributed by atoms with Crippen LogP contribution in [0.5, 0.6) is 0 Å². The van der Waals surface area contributed by atoms with Crippen molar-refractivity contribution in [3.8, 4) is 0 Å². The minimum absolute atomic E-state index is 0.145. The SMILES string of the molecule is CC[C@@H](OCCCN)C1[C@@H]2CC[C@H]([C@H](C)CCCNCCCN)[C@@]2(C)[C@@H](OCCCN)C[C@@H]1[C@]1(C)CC[C@H](OCCCN)CC1. The van der Waals surface area contributed by atoms with Gasteiger partial charge in [-0.05, 0) is 164 Å². The van der Waals surface area contributed by atoms with Gasteiger partial charge in [-0.3, -0.25) is 0 Å². The van der Waals surface area contributed by atoms with Gasteiger partial charge in [0.25, 0.3) is 0 Å². The van der Waals surface area contributed by atoms with Crippen LogP contribution in [-0.4, -0.2) is 77.4 Å². The molecule has 3 fully saturated rings. The fraction of sp³-hybridized carbons (Fsp3) is 1.00. The van der Waals surface area contributed by atoms with Crippen molar-refractivity contribution in [1.82, 2.24) is 5.32 Å². The summed E-state index contributed by atoms with van der Waals surface area (Å²) in [5.74, 6) is 3.06. The average molecular weight is 638 g/mol. The van der Waals surface area contributed by atoms with Gasteiger partial charge in [-0.1, -0.05) is 27.7 Å². The summed E-state index contributed by atoms with van der Waals surface area (Å²) in [4.78, 5) is 0.